The summed E-state index contributed by atoms with van der Waals surface area (Å²) in [6.45, 7) is 1.87. The Hall–Kier alpha value is -1.49. The van der Waals surface area contributed by atoms with Crippen molar-refractivity contribution in [3.8, 4) is 6.07 Å². The minimum atomic E-state index is -3.60. The summed E-state index contributed by atoms with van der Waals surface area (Å²) in [5, 5.41) is 8.52. The molecule has 0 saturated carbocycles. The molecule has 7 heteroatoms. The first kappa shape index (κ1) is 12.6. The minimum Gasteiger partial charge on any atom is -0.329 e. The Kier molecular flexibility index (Phi) is 3.95. The average Bonchev–Trinajstić information content (AvgIpc) is 2.28. The molecule has 0 aliphatic heterocycles. The molecule has 0 aliphatic rings. The molecule has 0 aromatic carbocycles. The summed E-state index contributed by atoms with van der Waals surface area (Å²) in [5.41, 5.74) is 5.49. The van der Waals surface area contributed by atoms with Crippen LogP contribution in [-0.2, 0) is 10.0 Å². The van der Waals surface area contributed by atoms with Gasteiger partial charge in [0, 0.05) is 18.8 Å². The molecule has 1 aromatic heterocycles. The van der Waals surface area contributed by atoms with Gasteiger partial charge in [0.1, 0.15) is 16.7 Å². The van der Waals surface area contributed by atoms with Crippen LogP contribution >= 0.6 is 0 Å². The zero-order valence-corrected chi connectivity index (χ0v) is 9.53. The number of sulfonamides is 1. The van der Waals surface area contributed by atoms with Crippen LogP contribution in [0.25, 0.3) is 0 Å². The van der Waals surface area contributed by atoms with Crippen LogP contribution in [0.1, 0.15) is 12.6 Å². The van der Waals surface area contributed by atoms with Crippen molar-refractivity contribution in [3.05, 3.63) is 24.0 Å². The Morgan fingerprint density at radius 2 is 2.31 bits per heavy atom. The largest absolute Gasteiger partial charge is 0.329 e. The summed E-state index contributed by atoms with van der Waals surface area (Å²) in [6, 6.07) is 4.14. The van der Waals surface area contributed by atoms with E-state index in [1.807, 2.05) is 6.07 Å². The van der Waals surface area contributed by atoms with Gasteiger partial charge in [0.15, 0.2) is 0 Å². The maximum Gasteiger partial charge on any atom is 0.242 e. The fourth-order valence-corrected chi connectivity index (χ4v) is 2.19. The molecule has 0 saturated heterocycles. The van der Waals surface area contributed by atoms with Gasteiger partial charge in [-0.2, -0.15) is 5.26 Å². The standard InChI is InChI=1S/C9H12N4O2S/c1-7(4-10)13-16(14,15)9-3-2-8(5-11)12-6-9/h2-3,6-7,13H,4,10H2,1H3. The van der Waals surface area contributed by atoms with E-state index in [-0.39, 0.29) is 23.2 Å². The number of aromatic nitrogens is 1. The van der Waals surface area contributed by atoms with Crippen molar-refractivity contribution in [1.82, 2.24) is 9.71 Å². The van der Waals surface area contributed by atoms with E-state index in [1.54, 1.807) is 6.92 Å². The third kappa shape index (κ3) is 3.00. The van der Waals surface area contributed by atoms with Crippen molar-refractivity contribution >= 4 is 10.0 Å². The lowest BCUT2D eigenvalue weighted by molar-refractivity contribution is 0.562. The highest BCUT2D eigenvalue weighted by molar-refractivity contribution is 7.89. The van der Waals surface area contributed by atoms with E-state index >= 15 is 0 Å². The number of nitriles is 1. The lowest BCUT2D eigenvalue weighted by Gasteiger charge is -2.11. The van der Waals surface area contributed by atoms with Crippen LogP contribution in [0.5, 0.6) is 0 Å². The molecule has 6 nitrogen and oxygen atoms in total. The number of nitrogens with one attached hydrogen (secondary N) is 1. The highest BCUT2D eigenvalue weighted by atomic mass is 32.2. The average molecular weight is 240 g/mol. The summed E-state index contributed by atoms with van der Waals surface area (Å²) >= 11 is 0. The van der Waals surface area contributed by atoms with Gasteiger partial charge in [0.05, 0.1) is 0 Å². The van der Waals surface area contributed by atoms with E-state index in [1.165, 1.54) is 12.1 Å². The van der Waals surface area contributed by atoms with Crippen LogP contribution in [0.2, 0.25) is 0 Å². The van der Waals surface area contributed by atoms with E-state index in [2.05, 4.69) is 9.71 Å². The number of pyridine rings is 1. The van der Waals surface area contributed by atoms with Gasteiger partial charge >= 0.3 is 0 Å². The molecule has 16 heavy (non-hydrogen) atoms. The highest BCUT2D eigenvalue weighted by Gasteiger charge is 2.16. The lowest BCUT2D eigenvalue weighted by Crippen LogP contribution is -2.37. The van der Waals surface area contributed by atoms with Crippen LogP contribution in [0, 0.1) is 11.3 Å². The zero-order chi connectivity index (χ0) is 12.2. The summed E-state index contributed by atoms with van der Waals surface area (Å²) in [7, 11) is -3.60. The summed E-state index contributed by atoms with van der Waals surface area (Å²) in [5.74, 6) is 0. The van der Waals surface area contributed by atoms with Crippen molar-refractivity contribution in [2.75, 3.05) is 6.54 Å². The monoisotopic (exact) mass is 240 g/mol. The fourth-order valence-electron chi connectivity index (χ4n) is 0.986. The van der Waals surface area contributed by atoms with E-state index < -0.39 is 10.0 Å². The normalized spacial score (nSPS) is 13.1. The number of nitrogens with two attached hydrogens (primary N) is 1. The molecule has 0 spiro atoms. The van der Waals surface area contributed by atoms with Crippen molar-refractivity contribution in [1.29, 1.82) is 5.26 Å². The van der Waals surface area contributed by atoms with Crippen molar-refractivity contribution in [2.45, 2.75) is 17.9 Å². The fraction of sp³-hybridized carbons (Fsp3) is 0.333. The maximum atomic E-state index is 11.7. The third-order valence-corrected chi connectivity index (χ3v) is 3.45. The molecule has 0 amide bonds. The Balaban J connectivity index is 2.95. The first-order valence-electron chi connectivity index (χ1n) is 4.58. The second kappa shape index (κ2) is 5.03. The van der Waals surface area contributed by atoms with E-state index in [0.29, 0.717) is 0 Å². The Labute approximate surface area is 94.2 Å². The molecular formula is C9H12N4O2S. The summed E-state index contributed by atoms with van der Waals surface area (Å²) in [6.07, 6.45) is 1.14. The van der Waals surface area contributed by atoms with Crippen LogP contribution in [0.3, 0.4) is 0 Å². The van der Waals surface area contributed by atoms with Gasteiger partial charge in [-0.05, 0) is 19.1 Å². The van der Waals surface area contributed by atoms with Crippen LogP contribution in [-0.4, -0.2) is 26.0 Å². The van der Waals surface area contributed by atoms with Crippen LogP contribution < -0.4 is 10.5 Å². The van der Waals surface area contributed by atoms with Gasteiger partial charge < -0.3 is 5.73 Å². The van der Waals surface area contributed by atoms with Gasteiger partial charge in [0.25, 0.3) is 0 Å². The molecule has 1 heterocycles. The summed E-state index contributed by atoms with van der Waals surface area (Å²) < 4.78 is 25.8. The Morgan fingerprint density at radius 1 is 1.62 bits per heavy atom. The molecule has 1 unspecified atom stereocenters. The predicted molar refractivity (Wildman–Crippen MR) is 57.8 cm³/mol. The number of nitrogens with zero attached hydrogens (tertiary/aromatic N) is 2. The van der Waals surface area contributed by atoms with Crippen LogP contribution in [0.15, 0.2) is 23.2 Å². The van der Waals surface area contributed by atoms with Crippen molar-refractivity contribution in [2.24, 2.45) is 5.73 Å². The topological polar surface area (TPSA) is 109 Å². The smallest absolute Gasteiger partial charge is 0.242 e. The van der Waals surface area contributed by atoms with Crippen LogP contribution in [0.4, 0.5) is 0 Å². The second-order valence-electron chi connectivity index (χ2n) is 3.25. The molecule has 3 N–H and O–H groups in total. The van der Waals surface area contributed by atoms with Crippen molar-refractivity contribution in [3.63, 3.8) is 0 Å². The summed E-state index contributed by atoms with van der Waals surface area (Å²) in [4.78, 5) is 3.71. The van der Waals surface area contributed by atoms with Crippen molar-refractivity contribution < 1.29 is 8.42 Å². The molecule has 0 bridgehead atoms. The van der Waals surface area contributed by atoms with Gasteiger partial charge in [-0.15, -0.1) is 0 Å². The molecule has 0 aliphatic carbocycles. The highest BCUT2D eigenvalue weighted by Crippen LogP contribution is 2.07. The lowest BCUT2D eigenvalue weighted by atomic mass is 10.4. The molecule has 0 fully saturated rings. The van der Waals surface area contributed by atoms with E-state index in [4.69, 9.17) is 11.0 Å². The molecular weight excluding hydrogens is 228 g/mol. The third-order valence-electron chi connectivity index (χ3n) is 1.87. The van der Waals surface area contributed by atoms with Gasteiger partial charge in [0.2, 0.25) is 10.0 Å². The van der Waals surface area contributed by atoms with E-state index in [9.17, 15) is 8.42 Å². The molecule has 1 aromatic rings. The molecule has 86 valence electrons. The second-order valence-corrected chi connectivity index (χ2v) is 4.96. The predicted octanol–water partition coefficient (Wildman–Crippen LogP) is -0.421. The van der Waals surface area contributed by atoms with Gasteiger partial charge in [-0.25, -0.2) is 18.1 Å². The Bertz CT molecular complexity index is 489. The first-order valence-corrected chi connectivity index (χ1v) is 6.06. The quantitative estimate of drug-likeness (QED) is 0.742. The minimum absolute atomic E-state index is 0.0202. The SMILES string of the molecule is CC(CN)NS(=O)(=O)c1ccc(C#N)nc1. The zero-order valence-electron chi connectivity index (χ0n) is 8.71. The number of hydrogen-bond acceptors (Lipinski definition) is 5. The van der Waals surface area contributed by atoms with E-state index in [0.717, 1.165) is 6.20 Å². The Morgan fingerprint density at radius 3 is 2.75 bits per heavy atom. The number of hydrogen-bond donors (Lipinski definition) is 2. The molecule has 1 atom stereocenters. The van der Waals surface area contributed by atoms with Gasteiger partial charge in [-0.3, -0.25) is 0 Å². The molecule has 0 radical (unpaired) electrons. The maximum absolute atomic E-state index is 11.7. The molecule has 1 rings (SSSR count). The number of rotatable bonds is 4. The first-order chi connectivity index (χ1) is 7.49. The van der Waals surface area contributed by atoms with Gasteiger partial charge in [-0.1, -0.05) is 0 Å².